The Morgan fingerprint density at radius 3 is 0.681 bits per heavy atom. The Morgan fingerprint density at radius 1 is 0.203 bits per heavy atom. The van der Waals surface area contributed by atoms with E-state index < -0.39 is 0 Å². The number of aromatic nitrogens is 12. The number of nitrogens with zero attached hydrogens (tertiary/aromatic N) is 12. The number of rotatable bonds is 22. The van der Waals surface area contributed by atoms with Crippen LogP contribution in [-0.4, -0.2) is 61.2 Å². The van der Waals surface area contributed by atoms with E-state index >= 15 is 0 Å². The van der Waals surface area contributed by atoms with E-state index in [0.717, 1.165) is 153 Å². The molecule has 15 nitrogen and oxygen atoms in total. The van der Waals surface area contributed by atoms with E-state index in [1.54, 1.807) is 94.7 Å². The average molecular weight is 2080 g/mol. The van der Waals surface area contributed by atoms with Gasteiger partial charge in [-0.1, -0.05) is 253 Å². The fourth-order valence-corrected chi connectivity index (χ4v) is 19.6. The zero-order valence-electron chi connectivity index (χ0n) is 74.4. The monoisotopic (exact) mass is 2080 g/mol. The van der Waals surface area contributed by atoms with Gasteiger partial charge >= 0.3 is 21.1 Å². The van der Waals surface area contributed by atoms with Gasteiger partial charge in [-0.3, -0.25) is 0 Å². The molecule has 0 amide bonds. The Labute approximate surface area is 838 Å². The maximum atomic E-state index is 6.78. The molecule has 0 saturated carbocycles. The van der Waals surface area contributed by atoms with Gasteiger partial charge in [-0.25, -0.2) is 10.2 Å². The number of hydrogen-bond donors (Lipinski definition) is 0. The molecule has 0 aliphatic carbocycles. The molecule has 22 heteroatoms. The average Bonchev–Trinajstić information content (AvgIpc) is 0.938. The summed E-state index contributed by atoms with van der Waals surface area (Å²) in [7, 11) is 0. The minimum atomic E-state index is 0. The maximum Gasteiger partial charge on any atom is 2.00 e. The van der Waals surface area contributed by atoms with Gasteiger partial charge in [0.25, 0.3) is 0 Å². The van der Waals surface area contributed by atoms with Gasteiger partial charge in [-0.2, -0.15) is 51.0 Å². The van der Waals surface area contributed by atoms with Gasteiger partial charge in [-0.05, 0) is 229 Å². The molecule has 0 spiro atoms. The van der Waals surface area contributed by atoms with Crippen LogP contribution >= 0.6 is 68.5 Å². The van der Waals surface area contributed by atoms with Crippen LogP contribution in [0.3, 0.4) is 0 Å². The summed E-state index contributed by atoms with van der Waals surface area (Å²) < 4.78 is 19.7. The van der Waals surface area contributed by atoms with Crippen LogP contribution in [0.25, 0.3) is 176 Å². The standard InChI is InChI=1S/C42H30N4OS2.C42H28N4OS2.C32H20Cl2N4O.Pt/c2*1-27-13-15-41(48-27)33-17-31(39-23-35(25-43-45-39)29-9-5-3-6-10-29)19-37(21-33)47-38-20-32(18-34(22-38)42-16-14-28(2)49-42)40-24-36(26-44-46-40)30-11-7-4-8-12-30;33-27-11-23(31-15-25(19-35-37-31)21-7-3-1-4-8-21)13-29(17-27)39-30-14-24(12-28(34)18-30)32-16-26(20-36-38-32)22-9-5-2-6-10-22;/h3-26H,1-2H3;3-18,21-26H,1-2H3;1-20H;/q;-2;;+2. The van der Waals surface area contributed by atoms with Crippen molar-refractivity contribution in [1.29, 1.82) is 0 Å². The third kappa shape index (κ3) is 22.5. The van der Waals surface area contributed by atoms with Crippen molar-refractivity contribution in [2.75, 3.05) is 0 Å². The van der Waals surface area contributed by atoms with Crippen LogP contribution in [0.4, 0.5) is 0 Å². The van der Waals surface area contributed by atoms with Crippen LogP contribution in [-0.2, 0) is 21.1 Å². The normalized spacial score (nSPS) is 10.9. The maximum absolute atomic E-state index is 6.78. The SMILES string of the molecule is Cc1ccc(-c2cc(Oc3[c-]c(-c4cc(-c5ccccc5)cnn4)cc(-c4ccc(C)s4)c3)[c-]c(-c3cc(-c4ccccc4)cnn3)c2)s1.Cc1ccc(-c2cc(Oc3cc(-c4cc(-c5ccccc5)cnn4)cc(-c4ccc(C)s4)c3)cc(-c3cc(-c4ccccc4)cnn3)c2)s1.Clc1cc(Oc2cc(Cl)cc(-c3cc(-c4ccccc4)cnn3)c2)cc(-c2cc(-c3ccccc3)cnn2)c1.[Pt+2]. The van der Waals surface area contributed by atoms with Crippen molar-refractivity contribution in [2.24, 2.45) is 0 Å². The van der Waals surface area contributed by atoms with Crippen molar-refractivity contribution in [3.63, 3.8) is 0 Å². The van der Waals surface area contributed by atoms with Crippen LogP contribution in [0.2, 0.25) is 10.0 Å². The largest absolute Gasteiger partial charge is 2.00 e. The number of halogens is 2. The van der Waals surface area contributed by atoms with Crippen LogP contribution in [0.15, 0.2) is 401 Å². The molecule has 668 valence electrons. The second-order valence-electron chi connectivity index (χ2n) is 32.3. The van der Waals surface area contributed by atoms with Gasteiger partial charge in [0.15, 0.2) is 0 Å². The Kier molecular flexibility index (Phi) is 28.3. The Hall–Kier alpha value is -15.4. The number of aryl methyl sites for hydroxylation is 4. The van der Waals surface area contributed by atoms with E-state index in [1.807, 2.05) is 206 Å². The third-order valence-electron chi connectivity index (χ3n) is 22.3. The molecule has 10 heterocycles. The molecule has 12 aromatic carbocycles. The number of ether oxygens (including phenoxy) is 3. The van der Waals surface area contributed by atoms with Crippen molar-refractivity contribution in [2.45, 2.75) is 27.7 Å². The van der Waals surface area contributed by atoms with Gasteiger partial charge in [0.2, 0.25) is 0 Å². The Morgan fingerprint density at radius 2 is 0.428 bits per heavy atom. The van der Waals surface area contributed by atoms with Crippen LogP contribution in [0.5, 0.6) is 34.5 Å². The summed E-state index contributed by atoms with van der Waals surface area (Å²) in [5, 5.41) is 53.7. The molecule has 0 N–H and O–H groups in total. The van der Waals surface area contributed by atoms with E-state index in [9.17, 15) is 0 Å². The molecule has 0 saturated heterocycles. The summed E-state index contributed by atoms with van der Waals surface area (Å²) in [4.78, 5) is 9.53. The number of thiophene rings is 4. The van der Waals surface area contributed by atoms with E-state index in [4.69, 9.17) is 37.4 Å². The first-order valence-electron chi connectivity index (χ1n) is 43.9. The molecule has 0 unspecified atom stereocenters. The summed E-state index contributed by atoms with van der Waals surface area (Å²) in [6, 6.07) is 129. The second-order valence-corrected chi connectivity index (χ2v) is 38.3. The van der Waals surface area contributed by atoms with E-state index in [1.165, 1.54) is 19.5 Å². The Balaban J connectivity index is 0.000000133. The van der Waals surface area contributed by atoms with Crippen LogP contribution in [0, 0.1) is 39.8 Å². The summed E-state index contributed by atoms with van der Waals surface area (Å²) >= 11 is 19.9. The zero-order valence-corrected chi connectivity index (χ0v) is 81.5. The van der Waals surface area contributed by atoms with Gasteiger partial charge < -0.3 is 14.2 Å². The molecule has 0 radical (unpaired) electrons. The fourth-order valence-electron chi connectivity index (χ4n) is 15.7. The molecule has 0 atom stereocenters. The smallest absolute Gasteiger partial charge is 0.497 e. The van der Waals surface area contributed by atoms with Crippen molar-refractivity contribution >= 4 is 68.5 Å². The Bertz CT molecular complexity index is 7250. The van der Waals surface area contributed by atoms with E-state index in [0.29, 0.717) is 67.3 Å². The number of benzene rings is 12. The minimum Gasteiger partial charge on any atom is -0.497 e. The van der Waals surface area contributed by atoms with Crippen molar-refractivity contribution in [3.05, 3.63) is 443 Å². The number of hydrogen-bond acceptors (Lipinski definition) is 19. The minimum absolute atomic E-state index is 0. The molecule has 10 aromatic heterocycles. The predicted octanol–water partition coefficient (Wildman–Crippen LogP) is 32.2. The topological polar surface area (TPSA) is 182 Å². The van der Waals surface area contributed by atoms with Crippen molar-refractivity contribution in [1.82, 2.24) is 61.2 Å². The first-order valence-corrected chi connectivity index (χ1v) is 47.9. The summed E-state index contributed by atoms with van der Waals surface area (Å²) in [5.41, 5.74) is 25.8. The van der Waals surface area contributed by atoms with Gasteiger partial charge in [0.1, 0.15) is 23.0 Å². The zero-order chi connectivity index (χ0) is 92.9. The molecule has 0 fully saturated rings. The quantitative estimate of drug-likeness (QED) is 0.0584. The molecular weight excluding hydrogens is 2000 g/mol. The molecule has 138 heavy (non-hydrogen) atoms. The first-order chi connectivity index (χ1) is 67.2. The van der Waals surface area contributed by atoms with Crippen molar-refractivity contribution in [3.8, 4) is 211 Å². The molecule has 0 aliphatic rings. The van der Waals surface area contributed by atoms with Crippen LogP contribution < -0.4 is 14.2 Å². The molecule has 22 rings (SSSR count). The summed E-state index contributed by atoms with van der Waals surface area (Å²) in [6.07, 6.45) is 10.7. The summed E-state index contributed by atoms with van der Waals surface area (Å²) in [6.45, 7) is 8.47. The van der Waals surface area contributed by atoms with Gasteiger partial charge in [0.05, 0.1) is 60.0 Å². The molecular formula is C116H78Cl2N12O3PtS4. The molecule has 0 aliphatic heterocycles. The van der Waals surface area contributed by atoms with Gasteiger partial charge in [0, 0.05) is 116 Å². The van der Waals surface area contributed by atoms with Crippen molar-refractivity contribution < 1.29 is 35.3 Å². The third-order valence-corrected chi connectivity index (χ3v) is 27.0. The van der Waals surface area contributed by atoms with Gasteiger partial charge in [-0.15, -0.1) is 68.6 Å². The van der Waals surface area contributed by atoms with E-state index in [-0.39, 0.29) is 21.1 Å². The second kappa shape index (κ2) is 42.7. The van der Waals surface area contributed by atoms with E-state index in [2.05, 4.69) is 247 Å². The molecule has 0 bridgehead atoms. The molecule has 22 aromatic rings. The summed E-state index contributed by atoms with van der Waals surface area (Å²) in [5.74, 6) is 3.61. The van der Waals surface area contributed by atoms with Crippen LogP contribution in [0.1, 0.15) is 19.5 Å². The predicted molar refractivity (Wildman–Crippen MR) is 558 cm³/mol. The fraction of sp³-hybridized carbons (Fsp3) is 0.0345. The first kappa shape index (κ1) is 91.7.